The van der Waals surface area contributed by atoms with E-state index < -0.39 is 0 Å². The predicted octanol–water partition coefficient (Wildman–Crippen LogP) is 5.24. The molecule has 3 rings (SSSR count). The first-order chi connectivity index (χ1) is 10.6. The average molecular weight is 332 g/mol. The Labute approximate surface area is 140 Å². The molecule has 1 aliphatic rings. The fourth-order valence-corrected chi connectivity index (χ4v) is 4.15. The highest BCUT2D eigenvalue weighted by Gasteiger charge is 2.34. The maximum Gasteiger partial charge on any atom is 0.238 e. The molecule has 1 atom stereocenters. The molecule has 114 valence electrons. The summed E-state index contributed by atoms with van der Waals surface area (Å²) in [5.74, 6) is 1.10. The average Bonchev–Trinajstić information content (AvgIpc) is 2.89. The van der Waals surface area contributed by atoms with E-state index in [-0.39, 0.29) is 11.3 Å². The third kappa shape index (κ3) is 2.88. The molecule has 2 nitrogen and oxygen atoms in total. The van der Waals surface area contributed by atoms with Crippen molar-refractivity contribution in [1.82, 2.24) is 0 Å². The van der Waals surface area contributed by atoms with Crippen molar-refractivity contribution in [1.29, 1.82) is 0 Å². The van der Waals surface area contributed by atoms with Crippen molar-refractivity contribution in [2.75, 3.05) is 10.7 Å². The van der Waals surface area contributed by atoms with Crippen LogP contribution in [0.25, 0.3) is 0 Å². The van der Waals surface area contributed by atoms with Crippen LogP contribution < -0.4 is 4.90 Å². The first-order valence-corrected chi connectivity index (χ1v) is 8.78. The lowest BCUT2D eigenvalue weighted by Crippen LogP contribution is -2.27. The summed E-state index contributed by atoms with van der Waals surface area (Å²) in [5, 5.41) is 0.657. The van der Waals surface area contributed by atoms with Crippen molar-refractivity contribution in [3.05, 3.63) is 64.7 Å². The van der Waals surface area contributed by atoms with Gasteiger partial charge in [0.05, 0.1) is 5.75 Å². The van der Waals surface area contributed by atoms with Crippen molar-refractivity contribution in [2.24, 2.45) is 0 Å². The number of anilines is 1. The number of rotatable bonds is 3. The molecule has 2 aromatic rings. The van der Waals surface area contributed by atoms with Crippen molar-refractivity contribution in [2.45, 2.75) is 25.1 Å². The van der Waals surface area contributed by atoms with E-state index >= 15 is 0 Å². The number of nitrogens with zero attached hydrogens (tertiary/aromatic N) is 1. The lowest BCUT2D eigenvalue weighted by molar-refractivity contribution is -0.115. The Morgan fingerprint density at radius 3 is 2.45 bits per heavy atom. The van der Waals surface area contributed by atoms with E-state index in [9.17, 15) is 4.79 Å². The molecule has 0 radical (unpaired) electrons. The van der Waals surface area contributed by atoms with Crippen LogP contribution in [0.2, 0.25) is 5.02 Å². The molecule has 0 N–H and O–H groups in total. The van der Waals surface area contributed by atoms with Gasteiger partial charge in [0.25, 0.3) is 0 Å². The number of amides is 1. The SMILES string of the molecule is CC(C)c1ccc(N2C(=O)CSC2c2ccccc2Cl)cc1. The molecular formula is C18H18ClNOS. The van der Waals surface area contributed by atoms with Gasteiger partial charge in [0.1, 0.15) is 5.37 Å². The Balaban J connectivity index is 1.96. The minimum atomic E-state index is -0.0499. The van der Waals surface area contributed by atoms with E-state index in [4.69, 9.17) is 11.6 Å². The van der Waals surface area contributed by atoms with Crippen LogP contribution in [-0.2, 0) is 4.79 Å². The highest BCUT2D eigenvalue weighted by atomic mass is 35.5. The summed E-state index contributed by atoms with van der Waals surface area (Å²) in [6.07, 6.45) is 0. The lowest BCUT2D eigenvalue weighted by atomic mass is 10.0. The molecule has 1 saturated heterocycles. The molecule has 2 aromatic carbocycles. The maximum atomic E-state index is 12.4. The molecule has 4 heteroatoms. The molecule has 0 aromatic heterocycles. The van der Waals surface area contributed by atoms with Gasteiger partial charge >= 0.3 is 0 Å². The lowest BCUT2D eigenvalue weighted by Gasteiger charge is -2.25. The van der Waals surface area contributed by atoms with E-state index in [2.05, 4.69) is 26.0 Å². The Hall–Kier alpha value is -1.45. The molecule has 1 aliphatic heterocycles. The third-order valence-electron chi connectivity index (χ3n) is 3.88. The summed E-state index contributed by atoms with van der Waals surface area (Å²) in [6, 6.07) is 16.0. The quantitative estimate of drug-likeness (QED) is 0.766. The van der Waals surface area contributed by atoms with Gasteiger partial charge in [0.2, 0.25) is 5.91 Å². The van der Waals surface area contributed by atoms with Gasteiger partial charge in [-0.15, -0.1) is 11.8 Å². The van der Waals surface area contributed by atoms with Gasteiger partial charge in [-0.05, 0) is 29.7 Å². The summed E-state index contributed by atoms with van der Waals surface area (Å²) in [7, 11) is 0. The largest absolute Gasteiger partial charge is 0.295 e. The van der Waals surface area contributed by atoms with E-state index in [0.717, 1.165) is 11.3 Å². The highest BCUT2D eigenvalue weighted by molar-refractivity contribution is 8.00. The summed E-state index contributed by atoms with van der Waals surface area (Å²) >= 11 is 7.94. The second kappa shape index (κ2) is 6.35. The van der Waals surface area contributed by atoms with Gasteiger partial charge in [-0.2, -0.15) is 0 Å². The van der Waals surface area contributed by atoms with Crippen LogP contribution in [0, 0.1) is 0 Å². The minimum absolute atomic E-state index is 0.0499. The summed E-state index contributed by atoms with van der Waals surface area (Å²) < 4.78 is 0. The van der Waals surface area contributed by atoms with Gasteiger partial charge in [0, 0.05) is 16.3 Å². The van der Waals surface area contributed by atoms with Gasteiger partial charge < -0.3 is 0 Å². The topological polar surface area (TPSA) is 20.3 Å². The molecule has 1 fully saturated rings. The van der Waals surface area contributed by atoms with Crippen molar-refractivity contribution in [3.8, 4) is 0 Å². The van der Waals surface area contributed by atoms with Crippen LogP contribution in [-0.4, -0.2) is 11.7 Å². The monoisotopic (exact) mass is 331 g/mol. The molecule has 0 aliphatic carbocycles. The van der Waals surface area contributed by atoms with Crippen molar-refractivity contribution >= 4 is 35.0 Å². The second-order valence-electron chi connectivity index (χ2n) is 5.69. The van der Waals surface area contributed by atoms with E-state index in [1.807, 2.05) is 41.3 Å². The number of halogens is 1. The van der Waals surface area contributed by atoms with E-state index in [1.165, 1.54) is 5.56 Å². The van der Waals surface area contributed by atoms with E-state index in [1.54, 1.807) is 11.8 Å². The zero-order valence-electron chi connectivity index (χ0n) is 12.6. The summed E-state index contributed by atoms with van der Waals surface area (Å²) in [5.41, 5.74) is 3.20. The molecule has 1 amide bonds. The standard InChI is InChI=1S/C18H18ClNOS/c1-12(2)13-7-9-14(10-8-13)20-17(21)11-22-18(20)15-5-3-4-6-16(15)19/h3-10,12,18H,11H2,1-2H3. The second-order valence-corrected chi connectivity index (χ2v) is 7.17. The number of thioether (sulfide) groups is 1. The molecule has 0 spiro atoms. The molecule has 22 heavy (non-hydrogen) atoms. The Bertz CT molecular complexity index is 684. The predicted molar refractivity (Wildman–Crippen MR) is 94.7 cm³/mol. The van der Waals surface area contributed by atoms with Gasteiger partial charge in [-0.3, -0.25) is 9.69 Å². The number of carbonyl (C=O) groups is 1. The number of carbonyl (C=O) groups excluding carboxylic acids is 1. The molecule has 1 heterocycles. The first-order valence-electron chi connectivity index (χ1n) is 7.36. The molecule has 0 saturated carbocycles. The zero-order valence-corrected chi connectivity index (χ0v) is 14.2. The fourth-order valence-electron chi connectivity index (χ4n) is 2.63. The summed E-state index contributed by atoms with van der Waals surface area (Å²) in [6.45, 7) is 4.33. The smallest absolute Gasteiger partial charge is 0.238 e. The van der Waals surface area contributed by atoms with Crippen LogP contribution in [0.1, 0.15) is 36.3 Å². The van der Waals surface area contributed by atoms with Crippen molar-refractivity contribution < 1.29 is 4.79 Å². The molecule has 0 bridgehead atoms. The number of benzene rings is 2. The third-order valence-corrected chi connectivity index (χ3v) is 5.42. The summed E-state index contributed by atoms with van der Waals surface area (Å²) in [4.78, 5) is 14.2. The Morgan fingerprint density at radius 1 is 1.14 bits per heavy atom. The molecule has 1 unspecified atom stereocenters. The van der Waals surface area contributed by atoms with Gasteiger partial charge in [-0.1, -0.05) is 55.8 Å². The molecular weight excluding hydrogens is 314 g/mol. The minimum Gasteiger partial charge on any atom is -0.295 e. The fraction of sp³-hybridized carbons (Fsp3) is 0.278. The van der Waals surface area contributed by atoms with Crippen LogP contribution >= 0.6 is 23.4 Å². The van der Waals surface area contributed by atoms with Crippen LogP contribution in [0.4, 0.5) is 5.69 Å². The number of hydrogen-bond acceptors (Lipinski definition) is 2. The normalized spacial score (nSPS) is 18.3. The zero-order chi connectivity index (χ0) is 15.7. The first kappa shape index (κ1) is 15.4. The van der Waals surface area contributed by atoms with Crippen molar-refractivity contribution in [3.63, 3.8) is 0 Å². The van der Waals surface area contributed by atoms with Gasteiger partial charge in [-0.25, -0.2) is 0 Å². The van der Waals surface area contributed by atoms with E-state index in [0.29, 0.717) is 16.7 Å². The van der Waals surface area contributed by atoms with Crippen LogP contribution in [0.5, 0.6) is 0 Å². The van der Waals surface area contributed by atoms with Gasteiger partial charge in [0.15, 0.2) is 0 Å². The highest BCUT2D eigenvalue weighted by Crippen LogP contribution is 2.43. The van der Waals surface area contributed by atoms with Crippen LogP contribution in [0.3, 0.4) is 0 Å². The van der Waals surface area contributed by atoms with Crippen LogP contribution in [0.15, 0.2) is 48.5 Å². The Kier molecular flexibility index (Phi) is 4.46. The Morgan fingerprint density at radius 2 is 1.82 bits per heavy atom. The number of hydrogen-bond donors (Lipinski definition) is 0. The maximum absolute atomic E-state index is 12.4.